The predicted octanol–water partition coefficient (Wildman–Crippen LogP) is 1.83. The fraction of sp³-hybridized carbons (Fsp3) is 0.533. The van der Waals surface area contributed by atoms with E-state index in [9.17, 15) is 4.79 Å². The van der Waals surface area contributed by atoms with Crippen LogP contribution >= 0.6 is 0 Å². The maximum atomic E-state index is 11.2. The minimum Gasteiger partial charge on any atom is -0.494 e. The van der Waals surface area contributed by atoms with Gasteiger partial charge in [-0.05, 0) is 49.4 Å². The van der Waals surface area contributed by atoms with Gasteiger partial charge in [0.1, 0.15) is 5.75 Å². The molecule has 2 N–H and O–H groups in total. The van der Waals surface area contributed by atoms with E-state index in [4.69, 9.17) is 15.2 Å². The predicted molar refractivity (Wildman–Crippen MR) is 73.2 cm³/mol. The first-order valence-corrected chi connectivity index (χ1v) is 6.85. The quantitative estimate of drug-likeness (QED) is 0.628. The van der Waals surface area contributed by atoms with E-state index in [0.717, 1.165) is 18.6 Å². The van der Waals surface area contributed by atoms with Crippen molar-refractivity contribution >= 4 is 5.97 Å². The molecule has 1 atom stereocenters. The molecule has 1 aliphatic rings. The van der Waals surface area contributed by atoms with Crippen LogP contribution in [0.5, 0.6) is 5.75 Å². The Kier molecular flexibility index (Phi) is 4.80. The maximum absolute atomic E-state index is 11.2. The zero-order chi connectivity index (χ0) is 13.7. The summed E-state index contributed by atoms with van der Waals surface area (Å²) in [6.07, 6.45) is 2.97. The van der Waals surface area contributed by atoms with Crippen LogP contribution in [-0.2, 0) is 22.4 Å². The van der Waals surface area contributed by atoms with Gasteiger partial charge in [-0.1, -0.05) is 6.07 Å². The Morgan fingerprint density at radius 1 is 1.37 bits per heavy atom. The Balaban J connectivity index is 1.75. The van der Waals surface area contributed by atoms with Crippen LogP contribution < -0.4 is 10.5 Å². The first-order valence-electron chi connectivity index (χ1n) is 6.85. The second-order valence-corrected chi connectivity index (χ2v) is 4.86. The molecular weight excluding hydrogens is 242 g/mol. The molecule has 4 heteroatoms. The lowest BCUT2D eigenvalue weighted by molar-refractivity contribution is -0.143. The molecule has 0 saturated carbocycles. The number of esters is 1. The van der Waals surface area contributed by atoms with Crippen molar-refractivity contribution in [3.05, 3.63) is 29.3 Å². The van der Waals surface area contributed by atoms with Gasteiger partial charge < -0.3 is 15.2 Å². The number of nitrogens with two attached hydrogens (primary N) is 1. The summed E-state index contributed by atoms with van der Waals surface area (Å²) in [5.41, 5.74) is 8.54. The summed E-state index contributed by atoms with van der Waals surface area (Å²) >= 11 is 0. The van der Waals surface area contributed by atoms with Crippen molar-refractivity contribution in [2.45, 2.75) is 38.6 Å². The van der Waals surface area contributed by atoms with Gasteiger partial charge in [0.05, 0.1) is 13.2 Å². The molecule has 0 fully saturated rings. The van der Waals surface area contributed by atoms with Gasteiger partial charge in [0, 0.05) is 12.5 Å². The third-order valence-electron chi connectivity index (χ3n) is 3.24. The highest BCUT2D eigenvalue weighted by molar-refractivity contribution is 5.69. The Morgan fingerprint density at radius 3 is 2.95 bits per heavy atom. The number of hydrogen-bond acceptors (Lipinski definition) is 4. The van der Waals surface area contributed by atoms with E-state index in [0.29, 0.717) is 26.1 Å². The monoisotopic (exact) mass is 263 g/mol. The van der Waals surface area contributed by atoms with Crippen LogP contribution in [0.1, 0.15) is 30.9 Å². The summed E-state index contributed by atoms with van der Waals surface area (Å²) < 4.78 is 10.5. The van der Waals surface area contributed by atoms with E-state index in [-0.39, 0.29) is 12.0 Å². The molecule has 0 bridgehead atoms. The number of carbonyl (C=O) groups is 1. The van der Waals surface area contributed by atoms with Crippen molar-refractivity contribution in [2.75, 3.05) is 13.2 Å². The highest BCUT2D eigenvalue weighted by Crippen LogP contribution is 2.25. The number of benzene rings is 1. The summed E-state index contributed by atoms with van der Waals surface area (Å²) in [5.74, 6) is 0.697. The van der Waals surface area contributed by atoms with E-state index in [2.05, 4.69) is 12.1 Å². The Bertz CT molecular complexity index is 445. The van der Waals surface area contributed by atoms with Gasteiger partial charge in [-0.3, -0.25) is 4.79 Å². The highest BCUT2D eigenvalue weighted by Gasteiger charge is 2.18. The van der Waals surface area contributed by atoms with Gasteiger partial charge in [0.15, 0.2) is 0 Å². The molecule has 1 aromatic rings. The van der Waals surface area contributed by atoms with E-state index < -0.39 is 0 Å². The first-order chi connectivity index (χ1) is 9.19. The summed E-state index contributed by atoms with van der Waals surface area (Å²) in [5, 5.41) is 0. The Hall–Kier alpha value is -1.55. The summed E-state index contributed by atoms with van der Waals surface area (Å²) in [6, 6.07) is 6.37. The highest BCUT2D eigenvalue weighted by atomic mass is 16.5. The van der Waals surface area contributed by atoms with E-state index in [1.165, 1.54) is 11.1 Å². The largest absolute Gasteiger partial charge is 0.494 e. The number of ether oxygens (including phenoxy) is 2. The number of carbonyl (C=O) groups excluding carboxylic acids is 1. The zero-order valence-electron chi connectivity index (χ0n) is 11.4. The maximum Gasteiger partial charge on any atom is 0.305 e. The zero-order valence-corrected chi connectivity index (χ0v) is 11.4. The van der Waals surface area contributed by atoms with Crippen molar-refractivity contribution in [1.82, 2.24) is 0 Å². The van der Waals surface area contributed by atoms with E-state index in [1.807, 2.05) is 13.0 Å². The van der Waals surface area contributed by atoms with Crippen molar-refractivity contribution in [2.24, 2.45) is 5.73 Å². The standard InChI is InChI=1S/C15H21NO3/c1-2-18-15(17)4-3-7-19-14-6-5-11-8-13(16)9-12(11)10-14/h5-6,10,13H,2-4,7-9,16H2,1H3. The topological polar surface area (TPSA) is 61.5 Å². The van der Waals surface area contributed by atoms with Crippen LogP contribution in [0, 0.1) is 0 Å². The van der Waals surface area contributed by atoms with Crippen LogP contribution in [0.4, 0.5) is 0 Å². The summed E-state index contributed by atoms with van der Waals surface area (Å²) in [4.78, 5) is 11.2. The third kappa shape index (κ3) is 3.96. The second-order valence-electron chi connectivity index (χ2n) is 4.86. The molecule has 19 heavy (non-hydrogen) atoms. The molecular formula is C15H21NO3. The molecule has 104 valence electrons. The van der Waals surface area contributed by atoms with Gasteiger partial charge in [-0.15, -0.1) is 0 Å². The molecule has 1 aromatic carbocycles. The molecule has 0 aromatic heterocycles. The molecule has 0 aliphatic heterocycles. The van der Waals surface area contributed by atoms with Crippen LogP contribution in [0.15, 0.2) is 18.2 Å². The Morgan fingerprint density at radius 2 is 2.16 bits per heavy atom. The molecule has 0 amide bonds. The van der Waals surface area contributed by atoms with Crippen molar-refractivity contribution in [1.29, 1.82) is 0 Å². The molecule has 0 saturated heterocycles. The fourth-order valence-corrected chi connectivity index (χ4v) is 2.36. The molecule has 2 rings (SSSR count). The van der Waals surface area contributed by atoms with Crippen LogP contribution in [-0.4, -0.2) is 25.2 Å². The molecule has 1 aliphatic carbocycles. The second kappa shape index (κ2) is 6.57. The van der Waals surface area contributed by atoms with Crippen molar-refractivity contribution < 1.29 is 14.3 Å². The van der Waals surface area contributed by atoms with Crippen molar-refractivity contribution in [3.63, 3.8) is 0 Å². The Labute approximate surface area is 113 Å². The minimum absolute atomic E-state index is 0.161. The minimum atomic E-state index is -0.161. The summed E-state index contributed by atoms with van der Waals surface area (Å²) in [6.45, 7) is 2.78. The number of fused-ring (bicyclic) bond motifs is 1. The van der Waals surface area contributed by atoms with Gasteiger partial charge in [0.25, 0.3) is 0 Å². The van der Waals surface area contributed by atoms with Gasteiger partial charge in [0.2, 0.25) is 0 Å². The normalized spacial score (nSPS) is 17.1. The molecule has 0 radical (unpaired) electrons. The smallest absolute Gasteiger partial charge is 0.305 e. The van der Waals surface area contributed by atoms with Crippen molar-refractivity contribution in [3.8, 4) is 5.75 Å². The number of rotatable bonds is 6. The molecule has 4 nitrogen and oxygen atoms in total. The van der Waals surface area contributed by atoms with Crippen LogP contribution in [0.2, 0.25) is 0 Å². The summed E-state index contributed by atoms with van der Waals surface area (Å²) in [7, 11) is 0. The lowest BCUT2D eigenvalue weighted by Gasteiger charge is -2.08. The molecule has 0 heterocycles. The average molecular weight is 263 g/mol. The third-order valence-corrected chi connectivity index (χ3v) is 3.24. The van der Waals surface area contributed by atoms with Crippen LogP contribution in [0.3, 0.4) is 0 Å². The number of hydrogen-bond donors (Lipinski definition) is 1. The van der Waals surface area contributed by atoms with Gasteiger partial charge >= 0.3 is 5.97 Å². The lowest BCUT2D eigenvalue weighted by Crippen LogP contribution is -2.18. The van der Waals surface area contributed by atoms with E-state index in [1.54, 1.807) is 0 Å². The first kappa shape index (κ1) is 13.9. The molecule has 0 spiro atoms. The van der Waals surface area contributed by atoms with E-state index >= 15 is 0 Å². The average Bonchev–Trinajstić information content (AvgIpc) is 2.74. The van der Waals surface area contributed by atoms with Gasteiger partial charge in [-0.2, -0.15) is 0 Å². The lowest BCUT2D eigenvalue weighted by atomic mass is 10.1. The fourth-order valence-electron chi connectivity index (χ4n) is 2.36. The van der Waals surface area contributed by atoms with Crippen LogP contribution in [0.25, 0.3) is 0 Å². The molecule has 1 unspecified atom stereocenters. The van der Waals surface area contributed by atoms with Gasteiger partial charge in [-0.25, -0.2) is 0 Å². The SMILES string of the molecule is CCOC(=O)CCCOc1ccc2c(c1)CC(N)C2.